The zero-order chi connectivity index (χ0) is 19.4. The molecule has 2 aromatic carbocycles. The molecular weight excluding hydrogens is 384 g/mol. The molecule has 0 aromatic heterocycles. The van der Waals surface area contributed by atoms with Gasteiger partial charge < -0.3 is 15.7 Å². The van der Waals surface area contributed by atoms with Crippen LogP contribution in [0.3, 0.4) is 0 Å². The van der Waals surface area contributed by atoms with Crippen molar-refractivity contribution in [3.05, 3.63) is 64.7 Å². The monoisotopic (exact) mass is 402 g/mol. The smallest absolute Gasteiger partial charge is 0.337 e. The minimum absolute atomic E-state index is 0.0349. The minimum Gasteiger partial charge on any atom is -0.478 e. The van der Waals surface area contributed by atoms with Crippen LogP contribution < -0.4 is 10.6 Å². The van der Waals surface area contributed by atoms with Crippen molar-refractivity contribution < 1.29 is 14.7 Å². The molecule has 7 heteroatoms. The van der Waals surface area contributed by atoms with Crippen molar-refractivity contribution in [2.75, 3.05) is 5.32 Å². The van der Waals surface area contributed by atoms with Crippen LogP contribution in [0.5, 0.6) is 0 Å². The number of aromatic carboxylic acids is 1. The topological polar surface area (TPSA) is 78.4 Å². The van der Waals surface area contributed by atoms with E-state index in [0.29, 0.717) is 5.69 Å². The summed E-state index contributed by atoms with van der Waals surface area (Å²) >= 11 is 11.1. The Morgan fingerprint density at radius 3 is 2.37 bits per heavy atom. The first-order chi connectivity index (χ1) is 12.9. The van der Waals surface area contributed by atoms with E-state index in [9.17, 15) is 9.59 Å². The maximum atomic E-state index is 13.0. The largest absolute Gasteiger partial charge is 0.478 e. The molecule has 0 atom stereocenters. The Balaban J connectivity index is 1.74. The Morgan fingerprint density at radius 1 is 1.07 bits per heavy atom. The maximum Gasteiger partial charge on any atom is 0.337 e. The van der Waals surface area contributed by atoms with Crippen LogP contribution in [0.4, 0.5) is 5.69 Å². The lowest BCUT2D eigenvalue weighted by atomic mass is 9.78. The number of hydrogen-bond donors (Lipinski definition) is 3. The first-order valence-electron chi connectivity index (χ1n) is 8.63. The van der Waals surface area contributed by atoms with Crippen molar-refractivity contribution in [2.45, 2.75) is 31.1 Å². The summed E-state index contributed by atoms with van der Waals surface area (Å²) in [5, 5.41) is 15.1. The molecule has 1 saturated carbocycles. The van der Waals surface area contributed by atoms with E-state index >= 15 is 0 Å². The third-order valence-corrected chi connectivity index (χ3v) is 5.43. The van der Waals surface area contributed by atoms with Gasteiger partial charge in [-0.15, -0.1) is 0 Å². The second-order valence-corrected chi connectivity index (χ2v) is 7.38. The van der Waals surface area contributed by atoms with Gasteiger partial charge in [0.1, 0.15) is 0 Å². The fourth-order valence-corrected chi connectivity index (χ4v) is 3.94. The van der Waals surface area contributed by atoms with Crippen molar-refractivity contribution in [1.82, 2.24) is 5.32 Å². The zero-order valence-corrected chi connectivity index (χ0v) is 16.1. The molecule has 0 unspecified atom stereocenters. The van der Waals surface area contributed by atoms with E-state index in [2.05, 4.69) is 10.6 Å². The number of nitrogens with one attached hydrogen (secondary N) is 2. The lowest BCUT2D eigenvalue weighted by Gasteiger charge is -2.28. The highest BCUT2D eigenvalue weighted by Gasteiger charge is 2.42. The van der Waals surface area contributed by atoms with E-state index in [1.807, 2.05) is 30.3 Å². The number of halogens is 1. The SMILES string of the molecule is O=C(O)c1cc(NC(=S)NC(=O)C2(c3ccccc3)CCCC2)ccc1Cl. The summed E-state index contributed by atoms with van der Waals surface area (Å²) < 4.78 is 0. The summed E-state index contributed by atoms with van der Waals surface area (Å²) in [6, 6.07) is 14.2. The van der Waals surface area contributed by atoms with Crippen LogP contribution in [0, 0.1) is 0 Å². The van der Waals surface area contributed by atoms with E-state index in [1.54, 1.807) is 6.07 Å². The Kier molecular flexibility index (Phi) is 5.77. The van der Waals surface area contributed by atoms with Crippen molar-refractivity contribution in [1.29, 1.82) is 0 Å². The van der Waals surface area contributed by atoms with Crippen LogP contribution in [0.15, 0.2) is 48.5 Å². The Hall–Kier alpha value is -2.44. The molecule has 27 heavy (non-hydrogen) atoms. The molecule has 1 fully saturated rings. The van der Waals surface area contributed by atoms with E-state index in [0.717, 1.165) is 31.2 Å². The Labute approximate surface area is 167 Å². The van der Waals surface area contributed by atoms with E-state index in [-0.39, 0.29) is 21.6 Å². The maximum absolute atomic E-state index is 13.0. The highest BCUT2D eigenvalue weighted by atomic mass is 35.5. The first-order valence-corrected chi connectivity index (χ1v) is 9.42. The average Bonchev–Trinajstić information content (AvgIpc) is 3.15. The molecular formula is C20H19ClN2O3S. The van der Waals surface area contributed by atoms with Gasteiger partial charge >= 0.3 is 5.97 Å². The van der Waals surface area contributed by atoms with Gasteiger partial charge in [0, 0.05) is 5.69 Å². The average molecular weight is 403 g/mol. The number of rotatable bonds is 4. The quantitative estimate of drug-likeness (QED) is 0.662. The molecule has 0 saturated heterocycles. The first kappa shape index (κ1) is 19.3. The number of thiocarbonyl (C=S) groups is 1. The number of anilines is 1. The van der Waals surface area contributed by atoms with Gasteiger partial charge in [0.25, 0.3) is 0 Å². The lowest BCUT2D eigenvalue weighted by Crippen LogP contribution is -2.46. The summed E-state index contributed by atoms with van der Waals surface area (Å²) in [6.07, 6.45) is 3.52. The van der Waals surface area contributed by atoms with E-state index < -0.39 is 11.4 Å². The second-order valence-electron chi connectivity index (χ2n) is 6.56. The molecule has 1 aliphatic rings. The van der Waals surface area contributed by atoms with Gasteiger partial charge in [-0.05, 0) is 48.8 Å². The summed E-state index contributed by atoms with van der Waals surface area (Å²) in [5.41, 5.74) is 0.816. The molecule has 3 N–H and O–H groups in total. The van der Waals surface area contributed by atoms with Crippen molar-refractivity contribution in [3.63, 3.8) is 0 Å². The molecule has 1 aliphatic carbocycles. The van der Waals surface area contributed by atoms with Crippen LogP contribution in [-0.2, 0) is 10.2 Å². The molecule has 3 rings (SSSR count). The van der Waals surface area contributed by atoms with Gasteiger partial charge in [0.2, 0.25) is 5.91 Å². The Morgan fingerprint density at radius 2 is 1.74 bits per heavy atom. The van der Waals surface area contributed by atoms with Gasteiger partial charge in [-0.2, -0.15) is 0 Å². The van der Waals surface area contributed by atoms with Crippen LogP contribution in [-0.4, -0.2) is 22.1 Å². The molecule has 0 bridgehead atoms. The molecule has 2 aromatic rings. The molecule has 0 radical (unpaired) electrons. The molecule has 0 aliphatic heterocycles. The van der Waals surface area contributed by atoms with Gasteiger partial charge in [0.05, 0.1) is 16.0 Å². The molecule has 5 nitrogen and oxygen atoms in total. The van der Waals surface area contributed by atoms with Crippen molar-refractivity contribution >= 4 is 46.5 Å². The molecule has 0 spiro atoms. The minimum atomic E-state index is -1.13. The second kappa shape index (κ2) is 8.06. The number of carboxylic acid groups (broad SMARTS) is 1. The summed E-state index contributed by atoms with van der Waals surface area (Å²) in [5.74, 6) is -1.27. The predicted octanol–water partition coefficient (Wildman–Crippen LogP) is 4.36. The van der Waals surface area contributed by atoms with Crippen LogP contribution in [0.25, 0.3) is 0 Å². The van der Waals surface area contributed by atoms with Crippen molar-refractivity contribution in [2.24, 2.45) is 0 Å². The fourth-order valence-electron chi connectivity index (χ4n) is 3.53. The number of carbonyl (C=O) groups excluding carboxylic acids is 1. The Bertz CT molecular complexity index is 880. The van der Waals surface area contributed by atoms with E-state index in [1.165, 1.54) is 12.1 Å². The van der Waals surface area contributed by atoms with Crippen LogP contribution >= 0.6 is 23.8 Å². The third-order valence-electron chi connectivity index (χ3n) is 4.90. The third kappa shape index (κ3) is 4.12. The molecule has 0 heterocycles. The van der Waals surface area contributed by atoms with Gasteiger partial charge in [-0.1, -0.05) is 54.8 Å². The number of carboxylic acids is 1. The number of amides is 1. The highest BCUT2D eigenvalue weighted by molar-refractivity contribution is 7.80. The summed E-state index contributed by atoms with van der Waals surface area (Å²) in [6.45, 7) is 0. The highest BCUT2D eigenvalue weighted by Crippen LogP contribution is 2.41. The number of carbonyl (C=O) groups is 2. The van der Waals surface area contributed by atoms with Gasteiger partial charge in [0.15, 0.2) is 5.11 Å². The normalized spacial score (nSPS) is 15.1. The molecule has 140 valence electrons. The van der Waals surface area contributed by atoms with Gasteiger partial charge in [-0.25, -0.2) is 4.79 Å². The summed E-state index contributed by atoms with van der Waals surface area (Å²) in [7, 11) is 0. The fraction of sp³-hybridized carbons (Fsp3) is 0.250. The van der Waals surface area contributed by atoms with Crippen LogP contribution in [0.2, 0.25) is 5.02 Å². The number of benzene rings is 2. The lowest BCUT2D eigenvalue weighted by molar-refractivity contribution is -0.125. The van der Waals surface area contributed by atoms with Gasteiger partial charge in [-0.3, -0.25) is 4.79 Å². The zero-order valence-electron chi connectivity index (χ0n) is 14.5. The number of hydrogen-bond acceptors (Lipinski definition) is 3. The predicted molar refractivity (Wildman–Crippen MR) is 109 cm³/mol. The molecule has 1 amide bonds. The van der Waals surface area contributed by atoms with Crippen LogP contribution in [0.1, 0.15) is 41.6 Å². The van der Waals surface area contributed by atoms with E-state index in [4.69, 9.17) is 28.9 Å². The standard InChI is InChI=1S/C20H19ClN2O3S/c21-16-9-8-14(12-15(16)17(24)25)22-19(27)23-18(26)20(10-4-5-11-20)13-6-2-1-3-7-13/h1-3,6-9,12H,4-5,10-11H2,(H,24,25)(H2,22,23,26,27). The van der Waals surface area contributed by atoms with Crippen molar-refractivity contribution in [3.8, 4) is 0 Å². The summed E-state index contributed by atoms with van der Waals surface area (Å²) in [4.78, 5) is 24.2.